The second-order valence-electron chi connectivity index (χ2n) is 2.26. The van der Waals surface area contributed by atoms with Crippen molar-refractivity contribution in [2.45, 2.75) is 0 Å². The maximum atomic E-state index is 6.86. The number of H-pyrrole nitrogens is 1. The Morgan fingerprint density at radius 2 is 2.25 bits per heavy atom. The van der Waals surface area contributed by atoms with E-state index in [0.717, 1.165) is 10.9 Å². The smallest absolute Gasteiger partial charge is 0.216 e. The van der Waals surface area contributed by atoms with Gasteiger partial charge in [-0.3, -0.25) is 0 Å². The van der Waals surface area contributed by atoms with Gasteiger partial charge in [-0.05, 0) is 11.6 Å². The first kappa shape index (κ1) is 9.44. The van der Waals surface area contributed by atoms with Crippen molar-refractivity contribution < 1.29 is 32.7 Å². The average molecular weight is 230 g/mol. The van der Waals surface area contributed by atoms with E-state index in [-0.39, 0.29) is 32.7 Å². The van der Waals surface area contributed by atoms with Crippen molar-refractivity contribution in [2.75, 3.05) is 0 Å². The Labute approximate surface area is 95.7 Å². The largest absolute Gasteiger partial charge is 0.414 e. The molecule has 12 heavy (non-hydrogen) atoms. The summed E-state index contributed by atoms with van der Waals surface area (Å²) in [5.74, 6) is 0. The normalized spacial score (nSPS) is 8.92. The summed E-state index contributed by atoms with van der Waals surface area (Å²) in [6.45, 7) is 6.86. The molecule has 1 heterocycles. The Bertz CT molecular complexity index is 425. The van der Waals surface area contributed by atoms with E-state index < -0.39 is 0 Å². The zero-order valence-electron chi connectivity index (χ0n) is 6.33. The number of hydrogen-bond donors (Lipinski definition) is 1. The van der Waals surface area contributed by atoms with Crippen LogP contribution in [0.5, 0.6) is 0 Å². The summed E-state index contributed by atoms with van der Waals surface area (Å²) in [4.78, 5) is 6.39. The molecule has 1 N–H and O–H groups in total. The van der Waals surface area contributed by atoms with Crippen LogP contribution in [-0.4, -0.2) is 4.98 Å². The molecule has 0 aliphatic rings. The Balaban J connectivity index is 0.000000720. The number of aromatic nitrogens is 1. The fourth-order valence-electron chi connectivity index (χ4n) is 1.10. The molecule has 2 aromatic rings. The summed E-state index contributed by atoms with van der Waals surface area (Å²) in [5, 5.41) is 0.971. The van der Waals surface area contributed by atoms with E-state index in [1.54, 1.807) is 6.07 Å². The first-order valence-corrected chi connectivity index (χ1v) is 3.26. The average Bonchev–Trinajstić information content (AvgIpc) is 2.50. The van der Waals surface area contributed by atoms with E-state index in [1.807, 2.05) is 18.3 Å². The van der Waals surface area contributed by atoms with Gasteiger partial charge < -0.3 is 4.98 Å². The molecule has 0 bridgehead atoms. The van der Waals surface area contributed by atoms with E-state index in [4.69, 9.17) is 6.57 Å². The van der Waals surface area contributed by atoms with Crippen LogP contribution in [0.15, 0.2) is 24.4 Å². The standard InChI is InChI=1S/C9H5N2.Y/c1-10-8-3-2-4-9-7(8)5-6-11-9;/h3-6,11H;/q-1;. The van der Waals surface area contributed by atoms with Gasteiger partial charge in [0.15, 0.2) is 0 Å². The van der Waals surface area contributed by atoms with Crippen LogP contribution in [0.3, 0.4) is 0 Å². The van der Waals surface area contributed by atoms with Crippen molar-refractivity contribution >= 4 is 16.6 Å². The van der Waals surface area contributed by atoms with E-state index in [9.17, 15) is 0 Å². The molecule has 0 amide bonds. The fraction of sp³-hybridized carbons (Fsp3) is 0. The Kier molecular flexibility index (Phi) is 3.02. The van der Waals surface area contributed by atoms with E-state index >= 15 is 0 Å². The van der Waals surface area contributed by atoms with E-state index in [2.05, 4.69) is 15.9 Å². The van der Waals surface area contributed by atoms with Crippen LogP contribution in [0.4, 0.5) is 5.69 Å². The molecule has 0 saturated carbocycles. The predicted octanol–water partition coefficient (Wildman–Crippen LogP) is 2.52. The van der Waals surface area contributed by atoms with Crippen molar-refractivity contribution in [1.29, 1.82) is 0 Å². The van der Waals surface area contributed by atoms with Crippen LogP contribution < -0.4 is 0 Å². The van der Waals surface area contributed by atoms with Gasteiger partial charge in [0, 0.05) is 32.7 Å². The molecule has 0 atom stereocenters. The number of benzene rings is 1. The number of rotatable bonds is 0. The molecule has 0 aliphatic heterocycles. The minimum Gasteiger partial charge on any atom is -0.414 e. The van der Waals surface area contributed by atoms with Crippen LogP contribution in [0.2, 0.25) is 0 Å². The predicted molar refractivity (Wildman–Crippen MR) is 43.4 cm³/mol. The van der Waals surface area contributed by atoms with E-state index in [0.29, 0.717) is 5.69 Å². The number of hydrogen-bond acceptors (Lipinski definition) is 0. The Morgan fingerprint density at radius 1 is 1.42 bits per heavy atom. The molecule has 0 fully saturated rings. The minimum absolute atomic E-state index is 0. The number of aromatic amines is 1. The Morgan fingerprint density at radius 3 is 3.00 bits per heavy atom. The quantitative estimate of drug-likeness (QED) is 0.671. The summed E-state index contributed by atoms with van der Waals surface area (Å²) in [7, 11) is 0. The summed E-state index contributed by atoms with van der Waals surface area (Å²) in [6.07, 6.45) is 1.83. The summed E-state index contributed by atoms with van der Waals surface area (Å²) < 4.78 is 0. The maximum absolute atomic E-state index is 6.86. The maximum Gasteiger partial charge on any atom is 0.216 e. The van der Waals surface area contributed by atoms with Crippen LogP contribution in [0.25, 0.3) is 15.7 Å². The van der Waals surface area contributed by atoms with Crippen molar-refractivity contribution in [3.05, 3.63) is 41.9 Å². The zero-order valence-corrected chi connectivity index (χ0v) is 9.17. The molecular weight excluding hydrogens is 225 g/mol. The minimum atomic E-state index is 0. The monoisotopic (exact) mass is 230 g/mol. The molecular formula is C9H5N2Y-. The van der Waals surface area contributed by atoms with Gasteiger partial charge in [0.2, 0.25) is 5.69 Å². The molecule has 0 saturated heterocycles. The molecule has 1 radical (unpaired) electrons. The Hall–Kier alpha value is -0.646. The zero-order chi connectivity index (χ0) is 7.68. The van der Waals surface area contributed by atoms with Gasteiger partial charge in [0.1, 0.15) is 6.57 Å². The van der Waals surface area contributed by atoms with Gasteiger partial charge in [-0.15, -0.1) is 0 Å². The first-order chi connectivity index (χ1) is 5.42. The van der Waals surface area contributed by atoms with Gasteiger partial charge in [0.05, 0.1) is 0 Å². The topological polar surface area (TPSA) is 20.1 Å². The second-order valence-corrected chi connectivity index (χ2v) is 2.26. The van der Waals surface area contributed by atoms with Crippen LogP contribution in [0.1, 0.15) is 0 Å². The second kappa shape index (κ2) is 3.84. The van der Waals surface area contributed by atoms with Gasteiger partial charge >= 0.3 is 0 Å². The number of nitrogens with zero attached hydrogens (tertiary/aromatic N) is 1. The third kappa shape index (κ3) is 1.43. The van der Waals surface area contributed by atoms with Crippen molar-refractivity contribution in [2.24, 2.45) is 0 Å². The molecule has 2 rings (SSSR count). The first-order valence-electron chi connectivity index (χ1n) is 3.26. The van der Waals surface area contributed by atoms with Crippen LogP contribution in [0, 0.1) is 12.6 Å². The molecule has 1 aromatic heterocycles. The number of nitrogens with one attached hydrogen (secondary N) is 1. The summed E-state index contributed by atoms with van der Waals surface area (Å²) in [6, 6.07) is 8.33. The third-order valence-electron chi connectivity index (χ3n) is 1.62. The third-order valence-corrected chi connectivity index (χ3v) is 1.62. The molecule has 0 spiro atoms. The van der Waals surface area contributed by atoms with Crippen molar-refractivity contribution in [1.82, 2.24) is 4.98 Å². The van der Waals surface area contributed by atoms with Gasteiger partial charge in [0.25, 0.3) is 0 Å². The molecule has 3 heteroatoms. The van der Waals surface area contributed by atoms with Gasteiger partial charge in [-0.25, -0.2) is 4.85 Å². The molecule has 0 unspecified atom stereocenters. The SMILES string of the molecule is [C-]#[N+]c1c[c-]cc2[nH]ccc12.[Y]. The molecule has 2 nitrogen and oxygen atoms in total. The fourth-order valence-corrected chi connectivity index (χ4v) is 1.10. The van der Waals surface area contributed by atoms with Crippen molar-refractivity contribution in [3.8, 4) is 0 Å². The molecule has 1 aromatic carbocycles. The summed E-state index contributed by atoms with van der Waals surface area (Å²) in [5.41, 5.74) is 1.63. The molecule has 55 valence electrons. The molecule has 0 aliphatic carbocycles. The van der Waals surface area contributed by atoms with Gasteiger partial charge in [-0.1, -0.05) is 17.6 Å². The summed E-state index contributed by atoms with van der Waals surface area (Å²) >= 11 is 0. The van der Waals surface area contributed by atoms with E-state index in [1.165, 1.54) is 0 Å². The number of fused-ring (bicyclic) bond motifs is 1. The van der Waals surface area contributed by atoms with Crippen LogP contribution >= 0.6 is 0 Å². The van der Waals surface area contributed by atoms with Crippen molar-refractivity contribution in [3.63, 3.8) is 0 Å². The van der Waals surface area contributed by atoms with Crippen LogP contribution in [-0.2, 0) is 32.7 Å². The van der Waals surface area contributed by atoms with Gasteiger partial charge in [-0.2, -0.15) is 12.1 Å².